The predicted molar refractivity (Wildman–Crippen MR) is 127 cm³/mol. The highest BCUT2D eigenvalue weighted by Gasteiger charge is 2.24. The number of nitrogens with zero attached hydrogens (tertiary/aromatic N) is 5. The Morgan fingerprint density at radius 1 is 1.09 bits per heavy atom. The van der Waals surface area contributed by atoms with Gasteiger partial charge >= 0.3 is 0 Å². The second-order valence-electron chi connectivity index (χ2n) is 9.27. The van der Waals surface area contributed by atoms with E-state index in [0.717, 1.165) is 80.2 Å². The molecule has 8 heteroatoms. The fraction of sp³-hybridized carbons (Fsp3) is 0.520. The van der Waals surface area contributed by atoms with Crippen molar-refractivity contribution in [3.63, 3.8) is 0 Å². The van der Waals surface area contributed by atoms with Crippen LogP contribution in [0.4, 0.5) is 0 Å². The van der Waals surface area contributed by atoms with E-state index in [-0.39, 0.29) is 17.5 Å². The average molecular weight is 449 g/mol. The largest absolute Gasteiger partial charge is 0.349 e. The maximum atomic E-state index is 12.9. The van der Waals surface area contributed by atoms with Crippen molar-refractivity contribution in [2.24, 2.45) is 7.05 Å². The van der Waals surface area contributed by atoms with Crippen molar-refractivity contribution in [2.75, 3.05) is 19.6 Å². The molecule has 1 aromatic carbocycles. The minimum atomic E-state index is -0.134. The van der Waals surface area contributed by atoms with Gasteiger partial charge in [0.2, 0.25) is 0 Å². The van der Waals surface area contributed by atoms with E-state index in [1.807, 2.05) is 31.3 Å². The molecule has 1 unspecified atom stereocenters. The van der Waals surface area contributed by atoms with Crippen LogP contribution in [-0.2, 0) is 26.4 Å². The van der Waals surface area contributed by atoms with Crippen molar-refractivity contribution in [1.82, 2.24) is 29.8 Å². The topological polar surface area (TPSA) is 85.1 Å². The van der Waals surface area contributed by atoms with Crippen LogP contribution in [0.25, 0.3) is 10.9 Å². The predicted octanol–water partition coefficient (Wildman–Crippen LogP) is 2.29. The number of nitrogens with one attached hydrogen (secondary N) is 1. The number of fused-ring (bicyclic) bond motifs is 2. The van der Waals surface area contributed by atoms with E-state index in [9.17, 15) is 9.59 Å². The number of aromatic nitrogens is 4. The first-order valence-corrected chi connectivity index (χ1v) is 12.1. The number of carbonyl (C=O) groups is 1. The molecule has 0 saturated carbocycles. The number of rotatable bonds is 6. The maximum absolute atomic E-state index is 12.9. The molecule has 33 heavy (non-hydrogen) atoms. The number of benzene rings is 1. The highest BCUT2D eigenvalue weighted by atomic mass is 16.2. The molecule has 1 fully saturated rings. The third-order valence-electron chi connectivity index (χ3n) is 7.09. The van der Waals surface area contributed by atoms with Crippen LogP contribution in [-0.4, -0.2) is 56.0 Å². The number of likely N-dealkylation sites (tertiary alicyclic amines) is 1. The van der Waals surface area contributed by atoms with Crippen LogP contribution in [0.2, 0.25) is 0 Å². The summed E-state index contributed by atoms with van der Waals surface area (Å²) < 4.78 is 3.38. The lowest BCUT2D eigenvalue weighted by Crippen LogP contribution is -2.48. The quantitative estimate of drug-likeness (QED) is 0.626. The molecule has 1 aliphatic heterocycles. The zero-order valence-electron chi connectivity index (χ0n) is 19.3. The molecule has 2 aromatic heterocycles. The Bertz CT molecular complexity index is 1210. The first-order valence-electron chi connectivity index (χ1n) is 12.1. The highest BCUT2D eigenvalue weighted by Crippen LogP contribution is 2.20. The van der Waals surface area contributed by atoms with E-state index >= 15 is 0 Å². The van der Waals surface area contributed by atoms with Gasteiger partial charge in [-0.05, 0) is 56.7 Å². The number of amides is 1. The Labute approximate surface area is 193 Å². The van der Waals surface area contributed by atoms with Crippen molar-refractivity contribution >= 4 is 16.8 Å². The van der Waals surface area contributed by atoms with Crippen LogP contribution in [0.3, 0.4) is 0 Å². The van der Waals surface area contributed by atoms with E-state index in [1.54, 1.807) is 15.4 Å². The van der Waals surface area contributed by atoms with E-state index in [2.05, 4.69) is 20.4 Å². The zero-order valence-corrected chi connectivity index (χ0v) is 19.3. The van der Waals surface area contributed by atoms with Gasteiger partial charge in [0.15, 0.2) is 5.69 Å². The molecule has 8 nitrogen and oxygen atoms in total. The Balaban J connectivity index is 1.23. The lowest BCUT2D eigenvalue weighted by atomic mass is 9.97. The summed E-state index contributed by atoms with van der Waals surface area (Å²) in [6.07, 6.45) is 7.57. The molecule has 5 rings (SSSR count). The standard InChI is InChI=1S/C25H32N6O2/c1-29-22-12-5-3-10-20(22)24(28-29)25(33)26-17-19-9-6-7-13-30(19)14-15-31-23(32)16-18-8-2-4-11-21(18)27-31/h3,5,10,12,16,19H,2,4,6-9,11,13-15,17H2,1H3,(H,26,33). The zero-order chi connectivity index (χ0) is 22.8. The van der Waals surface area contributed by atoms with Crippen LogP contribution in [0.5, 0.6) is 0 Å². The van der Waals surface area contributed by atoms with Crippen LogP contribution in [0.15, 0.2) is 35.1 Å². The molecule has 3 aromatic rings. The Morgan fingerprint density at radius 2 is 1.94 bits per heavy atom. The van der Waals surface area contributed by atoms with E-state index in [4.69, 9.17) is 0 Å². The lowest BCUT2D eigenvalue weighted by Gasteiger charge is -2.35. The third kappa shape index (κ3) is 4.57. The second kappa shape index (κ2) is 9.47. The first-order chi connectivity index (χ1) is 16.1. The van der Waals surface area contributed by atoms with Crippen molar-refractivity contribution < 1.29 is 4.79 Å². The molecule has 1 atom stereocenters. The first kappa shape index (κ1) is 21.8. The summed E-state index contributed by atoms with van der Waals surface area (Å²) in [5, 5.41) is 13.1. The molecular formula is C25H32N6O2. The van der Waals surface area contributed by atoms with Crippen LogP contribution in [0.1, 0.15) is 53.8 Å². The fourth-order valence-electron chi connectivity index (χ4n) is 5.25. The molecule has 3 heterocycles. The van der Waals surface area contributed by atoms with E-state index < -0.39 is 0 Å². The number of hydrogen-bond donors (Lipinski definition) is 1. The van der Waals surface area contributed by atoms with E-state index in [0.29, 0.717) is 18.8 Å². The minimum absolute atomic E-state index is 0.000424. The SMILES string of the molecule is Cn1nc(C(=O)NCC2CCCCN2CCn2nc3c(cc2=O)CCCC3)c2ccccc21. The average Bonchev–Trinajstić information content (AvgIpc) is 3.18. The summed E-state index contributed by atoms with van der Waals surface area (Å²) in [4.78, 5) is 27.9. The summed E-state index contributed by atoms with van der Waals surface area (Å²) in [5.74, 6) is -0.134. The monoisotopic (exact) mass is 448 g/mol. The van der Waals surface area contributed by atoms with Gasteiger partial charge in [-0.1, -0.05) is 24.6 Å². The molecule has 1 saturated heterocycles. The highest BCUT2D eigenvalue weighted by molar-refractivity contribution is 6.04. The minimum Gasteiger partial charge on any atom is -0.349 e. The number of aryl methyl sites for hydroxylation is 3. The summed E-state index contributed by atoms with van der Waals surface area (Å²) in [6.45, 7) is 2.91. The normalized spacial score (nSPS) is 18.9. The van der Waals surface area contributed by atoms with Gasteiger partial charge in [0.05, 0.1) is 17.8 Å². The van der Waals surface area contributed by atoms with Gasteiger partial charge in [-0.3, -0.25) is 19.2 Å². The van der Waals surface area contributed by atoms with Gasteiger partial charge in [0.25, 0.3) is 11.5 Å². The summed E-state index contributed by atoms with van der Waals surface area (Å²) in [7, 11) is 1.86. The van der Waals surface area contributed by atoms with Crippen molar-refractivity contribution in [2.45, 2.75) is 57.5 Å². The van der Waals surface area contributed by atoms with Crippen LogP contribution < -0.4 is 10.9 Å². The molecule has 0 spiro atoms. The van der Waals surface area contributed by atoms with Crippen LogP contribution in [0, 0.1) is 0 Å². The maximum Gasteiger partial charge on any atom is 0.272 e. The van der Waals surface area contributed by atoms with E-state index in [1.165, 1.54) is 0 Å². The van der Waals surface area contributed by atoms with Crippen molar-refractivity contribution in [3.8, 4) is 0 Å². The molecule has 1 amide bonds. The Morgan fingerprint density at radius 3 is 2.85 bits per heavy atom. The Kier molecular flexibility index (Phi) is 6.26. The third-order valence-corrected chi connectivity index (χ3v) is 7.09. The number of para-hydroxylation sites is 1. The number of hydrogen-bond acceptors (Lipinski definition) is 5. The van der Waals surface area contributed by atoms with Gasteiger partial charge in [-0.25, -0.2) is 4.68 Å². The fourth-order valence-corrected chi connectivity index (χ4v) is 5.25. The number of piperidine rings is 1. The van der Waals surface area contributed by atoms with Gasteiger partial charge in [0.1, 0.15) is 0 Å². The van der Waals surface area contributed by atoms with Crippen molar-refractivity contribution in [3.05, 3.63) is 57.6 Å². The van der Waals surface area contributed by atoms with Crippen LogP contribution >= 0.6 is 0 Å². The molecule has 174 valence electrons. The molecule has 0 radical (unpaired) electrons. The smallest absolute Gasteiger partial charge is 0.272 e. The molecule has 1 aliphatic carbocycles. The van der Waals surface area contributed by atoms with Gasteiger partial charge in [0, 0.05) is 37.6 Å². The molecular weight excluding hydrogens is 416 g/mol. The summed E-state index contributed by atoms with van der Waals surface area (Å²) >= 11 is 0. The lowest BCUT2D eigenvalue weighted by molar-refractivity contribution is 0.0905. The summed E-state index contributed by atoms with van der Waals surface area (Å²) in [6, 6.07) is 9.83. The van der Waals surface area contributed by atoms with Gasteiger partial charge in [-0.2, -0.15) is 10.2 Å². The summed E-state index contributed by atoms with van der Waals surface area (Å²) in [5.41, 5.74) is 3.64. The molecule has 0 bridgehead atoms. The molecule has 2 aliphatic rings. The van der Waals surface area contributed by atoms with Gasteiger partial charge in [-0.15, -0.1) is 0 Å². The number of carbonyl (C=O) groups excluding carboxylic acids is 1. The molecule has 1 N–H and O–H groups in total. The second-order valence-corrected chi connectivity index (χ2v) is 9.27. The van der Waals surface area contributed by atoms with Crippen molar-refractivity contribution in [1.29, 1.82) is 0 Å². The van der Waals surface area contributed by atoms with Gasteiger partial charge < -0.3 is 5.32 Å². The Hall–Kier alpha value is -3.00.